The molecule has 13 rings (SSSR count). The third-order valence-corrected chi connectivity index (χ3v) is 21.5. The molecule has 9 fully saturated rings. The van der Waals surface area contributed by atoms with Crippen molar-refractivity contribution >= 4 is 136 Å². The Morgan fingerprint density at radius 1 is 0.402 bits per heavy atom. The van der Waals surface area contributed by atoms with E-state index in [9.17, 15) is 115 Å². The number of ketones is 5. The second-order valence-electron chi connectivity index (χ2n) is 29.8. The zero-order valence-corrected chi connectivity index (χ0v) is 66.3. The van der Waals surface area contributed by atoms with Gasteiger partial charge in [0.2, 0.25) is 58.6 Å². The Bertz CT molecular complexity index is 4670. The molecular formula is C82H90N14O26. The molecular weight excluding hydrogens is 1600 g/mol. The van der Waals surface area contributed by atoms with Gasteiger partial charge in [0.15, 0.2) is 11.8 Å². The Morgan fingerprint density at radius 3 is 0.967 bits per heavy atom. The third-order valence-electron chi connectivity index (χ3n) is 21.5. The molecule has 644 valence electrons. The molecule has 0 bridgehead atoms. The van der Waals surface area contributed by atoms with E-state index >= 15 is 0 Å². The fourth-order valence-electron chi connectivity index (χ4n) is 15.3. The maximum atomic E-state index is 13.4. The second kappa shape index (κ2) is 41.0. The highest BCUT2D eigenvalue weighted by Gasteiger charge is 2.51. The van der Waals surface area contributed by atoms with E-state index in [1.165, 1.54) is 70.5 Å². The van der Waals surface area contributed by atoms with Gasteiger partial charge in [0, 0.05) is 74.1 Å². The maximum absolute atomic E-state index is 13.4. The molecule has 0 saturated carbocycles. The van der Waals surface area contributed by atoms with Crippen LogP contribution in [0.25, 0.3) is 0 Å². The van der Waals surface area contributed by atoms with Crippen LogP contribution in [0.1, 0.15) is 171 Å². The third kappa shape index (κ3) is 21.7. The number of carboxylic acid groups (broad SMARTS) is 2. The number of esters is 1. The smallest absolute Gasteiger partial charge is 0.328 e. The molecule has 4 aromatic rings. The lowest BCUT2D eigenvalue weighted by Gasteiger charge is -2.43. The van der Waals surface area contributed by atoms with Crippen molar-refractivity contribution in [2.45, 2.75) is 196 Å². The molecule has 9 aliphatic heterocycles. The SMILES string of the molecule is CC(=O)[C@@H]1CCCN2C(=O)CC[C@H](NC(=O)C(=O)c3ccccc3)C(=O)N12.CC1OC(=O)C[C@@H]1NC(=O)[C@@H]1CCCN2C(=O)CC[C@H](NC(=O)C(=O)c3ccccc3)C(=O)N12.O=C(N[C@H]1CCC(=O)N2CCC[C@@H](C(=O)O)N2C1=O)C(=O)c1ccccc1.O=C[C@H](CC(=O)O)NC(=O)[C@@H]1CCCN2C(=O)CC[C@H](NC(=O)C(=O)c3ccccc3)C(=O)N12. The van der Waals surface area contributed by atoms with Crippen molar-refractivity contribution in [1.29, 1.82) is 0 Å². The lowest BCUT2D eigenvalue weighted by Crippen LogP contribution is -2.64. The van der Waals surface area contributed by atoms with E-state index in [1.54, 1.807) is 79.7 Å². The first kappa shape index (κ1) is 90.2. The highest BCUT2D eigenvalue weighted by Crippen LogP contribution is 2.31. The summed E-state index contributed by atoms with van der Waals surface area (Å²) in [5.74, 6) is -15.5. The quantitative estimate of drug-likeness (QED) is 0.0219. The number of fused-ring (bicyclic) bond motifs is 4. The van der Waals surface area contributed by atoms with Gasteiger partial charge in [-0.05, 0) is 90.9 Å². The fraction of sp³-hybridized carbons (Fsp3) is 0.427. The number of carbonyl (C=O) groups excluding carboxylic acids is 21. The van der Waals surface area contributed by atoms with Crippen LogP contribution in [0.5, 0.6) is 0 Å². The number of benzene rings is 4. The van der Waals surface area contributed by atoms with Crippen LogP contribution in [0.3, 0.4) is 0 Å². The molecule has 0 aromatic heterocycles. The van der Waals surface area contributed by atoms with E-state index in [2.05, 4.69) is 31.9 Å². The van der Waals surface area contributed by atoms with Crippen molar-refractivity contribution in [3.8, 4) is 0 Å². The van der Waals surface area contributed by atoms with Crippen molar-refractivity contribution in [3.05, 3.63) is 144 Å². The zero-order valence-electron chi connectivity index (χ0n) is 66.3. The molecule has 40 heteroatoms. The van der Waals surface area contributed by atoms with Crippen LogP contribution in [0, 0.1) is 0 Å². The number of nitrogens with zero attached hydrogens (tertiary/aromatic N) is 8. The molecule has 0 aliphatic carbocycles. The number of carboxylic acids is 2. The van der Waals surface area contributed by atoms with Crippen LogP contribution < -0.4 is 31.9 Å². The van der Waals surface area contributed by atoms with Crippen molar-refractivity contribution in [1.82, 2.24) is 72.0 Å². The highest BCUT2D eigenvalue weighted by molar-refractivity contribution is 6.45. The number of ether oxygens (including phenoxy) is 1. The first-order chi connectivity index (χ1) is 58.3. The van der Waals surface area contributed by atoms with Gasteiger partial charge >= 0.3 is 17.9 Å². The van der Waals surface area contributed by atoms with Gasteiger partial charge in [0.25, 0.3) is 47.3 Å². The standard InChI is InChI=1S/C23H26N4O7.C22H24N4O8.C19H21N3O5.C18H19N3O6/c1-13-16(12-19(29)34-13)25-21(31)17-8-5-11-26-18(28)10-9-15(23(33)27(17)26)24-22(32)20(30)14-6-3-2-4-7-14;27-12-14(11-18(29)30)23-20(32)16-7-4-10-25-17(28)9-8-15(22(34)26(16)25)24-21(33)19(31)13-5-2-1-3-6-13;1-12(23)15-8-5-11-21-16(24)10-9-14(19(27)22(15)21)20-18(26)17(25)13-6-3-2-4-7-13;22-14-9-8-12(19-16(24)15(23)11-5-2-1-3-6-11)17(25)21-13(18(26)27)7-4-10-20(14)21/h2-4,6-7,13,15-17H,5,8-12H2,1H3,(H,24,32)(H,25,31);1-3,5-6,12,14-16H,4,7-11H2,(H,23,32)(H,24,33)(H,29,30);2-4,6-7,14-15H,5,8-11H2,1H3,(H,20,26);1-3,5-6,12-13H,4,7-10H2,(H,19,24)(H,26,27)/t13?,15-,16-,17-;14-,15-,16-;14-,15-;12-,13-/m0000/s1. The van der Waals surface area contributed by atoms with Gasteiger partial charge in [-0.2, -0.15) is 0 Å². The van der Waals surface area contributed by atoms with E-state index in [0.717, 1.165) is 25.0 Å². The molecule has 40 nitrogen and oxygen atoms in total. The normalized spacial score (nSPS) is 23.4. The molecule has 14 amide bonds. The summed E-state index contributed by atoms with van der Waals surface area (Å²) in [4.78, 5) is 285. The van der Waals surface area contributed by atoms with Crippen molar-refractivity contribution in [2.75, 3.05) is 26.2 Å². The number of hydrogen-bond donors (Lipinski definition) is 8. The van der Waals surface area contributed by atoms with Crippen molar-refractivity contribution in [3.63, 3.8) is 0 Å². The average Bonchev–Trinajstić information content (AvgIpc) is 1.51. The zero-order chi connectivity index (χ0) is 88.3. The molecule has 8 N–H and O–H groups in total. The molecule has 122 heavy (non-hydrogen) atoms. The van der Waals surface area contributed by atoms with Gasteiger partial charge in [-0.1, -0.05) is 121 Å². The number of amides is 14. The summed E-state index contributed by atoms with van der Waals surface area (Å²) in [6.07, 6.45) is 2.23. The number of cyclic esters (lactones) is 1. The Labute approximate surface area is 695 Å². The molecule has 9 saturated heterocycles. The Kier molecular flexibility index (Phi) is 30.3. The molecule has 1 unspecified atom stereocenters. The molecule has 0 radical (unpaired) electrons. The maximum Gasteiger partial charge on any atom is 0.328 e. The number of aliphatic carboxylic acids is 2. The van der Waals surface area contributed by atoms with Gasteiger partial charge in [-0.25, -0.2) is 24.8 Å². The number of Topliss-reactive ketones (excluding diaryl/α,β-unsaturated/α-hetero) is 5. The Balaban J connectivity index is 0.000000171. The van der Waals surface area contributed by atoms with Gasteiger partial charge in [0.05, 0.1) is 24.9 Å². The van der Waals surface area contributed by atoms with E-state index in [-0.39, 0.29) is 142 Å². The van der Waals surface area contributed by atoms with Crippen LogP contribution in [-0.4, -0.2) is 279 Å². The lowest BCUT2D eigenvalue weighted by atomic mass is 10.0. The van der Waals surface area contributed by atoms with E-state index in [1.807, 2.05) is 0 Å². The van der Waals surface area contributed by atoms with Gasteiger partial charge < -0.3 is 51.6 Å². The van der Waals surface area contributed by atoms with Crippen molar-refractivity contribution in [2.24, 2.45) is 0 Å². The first-order valence-corrected chi connectivity index (χ1v) is 39.6. The summed E-state index contributed by atoms with van der Waals surface area (Å²) < 4.78 is 5.07. The predicted octanol–water partition coefficient (Wildman–Crippen LogP) is -0.818. The van der Waals surface area contributed by atoms with Crippen molar-refractivity contribution < 1.29 is 125 Å². The summed E-state index contributed by atoms with van der Waals surface area (Å²) in [7, 11) is 0. The largest absolute Gasteiger partial charge is 0.481 e. The van der Waals surface area contributed by atoms with Gasteiger partial charge in [0.1, 0.15) is 54.7 Å². The van der Waals surface area contributed by atoms with E-state index in [4.69, 9.17) is 9.84 Å². The molecule has 11 atom stereocenters. The van der Waals surface area contributed by atoms with Crippen LogP contribution in [0.15, 0.2) is 121 Å². The van der Waals surface area contributed by atoms with E-state index in [0.29, 0.717) is 45.1 Å². The summed E-state index contributed by atoms with van der Waals surface area (Å²) in [6, 6.07) is 21.1. The Morgan fingerprint density at radius 2 is 0.689 bits per heavy atom. The average molecular weight is 1690 g/mol. The number of nitrogens with one attached hydrogen (secondary N) is 6. The highest BCUT2D eigenvalue weighted by atomic mass is 16.6. The number of rotatable bonds is 21. The topological polar surface area (TPSA) is 540 Å². The summed E-state index contributed by atoms with van der Waals surface area (Å²) >= 11 is 0. The van der Waals surface area contributed by atoms with Crippen LogP contribution >= 0.6 is 0 Å². The molecule has 0 spiro atoms. The number of hydrazine groups is 4. The number of hydrogen-bond acceptors (Lipinski definition) is 24. The molecule has 9 aliphatic rings. The van der Waals surface area contributed by atoms with Gasteiger partial charge in [-0.15, -0.1) is 0 Å². The fourth-order valence-corrected chi connectivity index (χ4v) is 15.3. The number of aldehydes is 1. The molecule has 4 aromatic carbocycles. The monoisotopic (exact) mass is 1690 g/mol. The summed E-state index contributed by atoms with van der Waals surface area (Å²) in [6.45, 7) is 4.09. The van der Waals surface area contributed by atoms with E-state index < -0.39 is 179 Å². The number of carbonyl (C=O) groups is 23. The first-order valence-electron chi connectivity index (χ1n) is 39.6. The van der Waals surface area contributed by atoms with Gasteiger partial charge in [-0.3, -0.25) is 121 Å². The minimum Gasteiger partial charge on any atom is -0.481 e. The molecule has 9 heterocycles. The minimum atomic E-state index is -1.31. The lowest BCUT2D eigenvalue weighted by molar-refractivity contribution is -0.180. The predicted molar refractivity (Wildman–Crippen MR) is 415 cm³/mol. The van der Waals surface area contributed by atoms with Crippen LogP contribution in [-0.2, 0) is 95.8 Å². The Hall–Kier alpha value is -14.1. The second-order valence-corrected chi connectivity index (χ2v) is 29.8. The minimum absolute atomic E-state index is 0.00478. The van der Waals surface area contributed by atoms with Crippen LogP contribution in [0.4, 0.5) is 0 Å². The summed E-state index contributed by atoms with van der Waals surface area (Å²) in [5.41, 5.74) is 0.701. The summed E-state index contributed by atoms with van der Waals surface area (Å²) in [5, 5.41) is 42.0. The van der Waals surface area contributed by atoms with Crippen LogP contribution in [0.2, 0.25) is 0 Å².